The first-order valence-corrected chi connectivity index (χ1v) is 9.43. The molecule has 0 aromatic heterocycles. The summed E-state index contributed by atoms with van der Waals surface area (Å²) in [5.41, 5.74) is 2.97. The summed E-state index contributed by atoms with van der Waals surface area (Å²) in [6.07, 6.45) is 3.76. The van der Waals surface area contributed by atoms with Gasteiger partial charge in [-0.3, -0.25) is 4.79 Å². The second-order valence-corrected chi connectivity index (χ2v) is 6.94. The van der Waals surface area contributed by atoms with Gasteiger partial charge in [-0.15, -0.1) is 0 Å². The van der Waals surface area contributed by atoms with Gasteiger partial charge in [0.15, 0.2) is 0 Å². The predicted octanol–water partition coefficient (Wildman–Crippen LogP) is 3.97. The lowest BCUT2D eigenvalue weighted by atomic mass is 10.1. The molecule has 0 atom stereocenters. The van der Waals surface area contributed by atoms with E-state index >= 15 is 0 Å². The van der Waals surface area contributed by atoms with E-state index in [9.17, 15) is 4.79 Å². The maximum Gasteiger partial charge on any atom is 0.254 e. The number of piperidine rings is 1. The molecule has 1 heterocycles. The molecule has 144 valence electrons. The van der Waals surface area contributed by atoms with Gasteiger partial charge in [0, 0.05) is 44.0 Å². The number of hydrogen-bond donors (Lipinski definition) is 0. The summed E-state index contributed by atoms with van der Waals surface area (Å²) in [5.74, 6) is 1.17. The topological polar surface area (TPSA) is 42.0 Å². The molecule has 1 aliphatic heterocycles. The number of rotatable bonds is 6. The van der Waals surface area contributed by atoms with E-state index in [0.29, 0.717) is 23.6 Å². The van der Waals surface area contributed by atoms with Gasteiger partial charge in [-0.05, 0) is 43.0 Å². The van der Waals surface area contributed by atoms with Crippen LogP contribution >= 0.6 is 0 Å². The molecule has 0 N–H and O–H groups in total. The number of anilines is 1. The highest BCUT2D eigenvalue weighted by Crippen LogP contribution is 2.27. The normalized spacial score (nSPS) is 14.0. The Morgan fingerprint density at radius 3 is 2.26 bits per heavy atom. The Kier molecular flexibility index (Phi) is 6.22. The fraction of sp³-hybridized carbons (Fsp3) is 0.409. The molecule has 27 heavy (non-hydrogen) atoms. The maximum absolute atomic E-state index is 13.0. The predicted molar refractivity (Wildman–Crippen MR) is 108 cm³/mol. The van der Waals surface area contributed by atoms with Gasteiger partial charge in [0.05, 0.1) is 14.2 Å². The second-order valence-electron chi connectivity index (χ2n) is 6.94. The monoisotopic (exact) mass is 368 g/mol. The van der Waals surface area contributed by atoms with Crippen molar-refractivity contribution >= 4 is 11.6 Å². The number of nitrogens with zero attached hydrogens (tertiary/aromatic N) is 2. The van der Waals surface area contributed by atoms with Gasteiger partial charge < -0.3 is 19.3 Å². The molecule has 0 aliphatic carbocycles. The Hall–Kier alpha value is -2.69. The average molecular weight is 368 g/mol. The zero-order chi connectivity index (χ0) is 19.2. The van der Waals surface area contributed by atoms with Crippen molar-refractivity contribution in [1.29, 1.82) is 0 Å². The third-order valence-electron chi connectivity index (χ3n) is 5.04. The SMILES string of the molecule is COc1cc(OC)cc(C(=O)N(C)Cc2ccccc2N2CCCCC2)c1. The third-order valence-corrected chi connectivity index (χ3v) is 5.04. The standard InChI is InChI=1S/C22H28N2O3/c1-23(22(25)18-13-19(26-2)15-20(14-18)27-3)16-17-9-5-6-10-21(17)24-11-7-4-8-12-24/h5-6,9-10,13-15H,4,7-8,11-12,16H2,1-3H3. The van der Waals surface area contributed by atoms with Crippen LogP contribution in [0.15, 0.2) is 42.5 Å². The first-order valence-electron chi connectivity index (χ1n) is 9.43. The molecule has 0 saturated carbocycles. The van der Waals surface area contributed by atoms with Gasteiger partial charge in [0.2, 0.25) is 0 Å². The fourth-order valence-corrected chi connectivity index (χ4v) is 3.57. The van der Waals surface area contributed by atoms with Crippen LogP contribution in [0, 0.1) is 0 Å². The first-order chi connectivity index (χ1) is 13.1. The zero-order valence-electron chi connectivity index (χ0n) is 16.4. The second kappa shape index (κ2) is 8.80. The molecule has 2 aromatic carbocycles. The van der Waals surface area contributed by atoms with E-state index in [2.05, 4.69) is 23.1 Å². The van der Waals surface area contributed by atoms with Crippen LogP contribution < -0.4 is 14.4 Å². The Morgan fingerprint density at radius 2 is 1.63 bits per heavy atom. The minimum atomic E-state index is -0.0550. The zero-order valence-corrected chi connectivity index (χ0v) is 16.4. The smallest absolute Gasteiger partial charge is 0.254 e. The van der Waals surface area contributed by atoms with Crippen LogP contribution in [0.25, 0.3) is 0 Å². The largest absolute Gasteiger partial charge is 0.497 e. The molecule has 0 bridgehead atoms. The van der Waals surface area contributed by atoms with E-state index < -0.39 is 0 Å². The summed E-state index contributed by atoms with van der Waals surface area (Å²) in [4.78, 5) is 17.2. The average Bonchev–Trinajstić information content (AvgIpc) is 2.73. The lowest BCUT2D eigenvalue weighted by molar-refractivity contribution is 0.0784. The van der Waals surface area contributed by atoms with Crippen molar-refractivity contribution in [2.24, 2.45) is 0 Å². The van der Waals surface area contributed by atoms with E-state index in [0.717, 1.165) is 13.1 Å². The van der Waals surface area contributed by atoms with E-state index in [1.807, 2.05) is 13.1 Å². The molecule has 0 spiro atoms. The summed E-state index contributed by atoms with van der Waals surface area (Å²) in [7, 11) is 5.00. The molecular weight excluding hydrogens is 340 g/mol. The Labute approximate surface area is 161 Å². The summed E-state index contributed by atoms with van der Waals surface area (Å²) in [6, 6.07) is 13.6. The molecule has 3 rings (SSSR count). The maximum atomic E-state index is 13.0. The van der Waals surface area contributed by atoms with E-state index in [1.165, 1.54) is 30.5 Å². The fourth-order valence-electron chi connectivity index (χ4n) is 3.57. The number of para-hydroxylation sites is 1. The third kappa shape index (κ3) is 4.54. The number of hydrogen-bond acceptors (Lipinski definition) is 4. The van der Waals surface area contributed by atoms with Crippen molar-refractivity contribution < 1.29 is 14.3 Å². The minimum absolute atomic E-state index is 0.0550. The molecule has 1 aliphatic rings. The highest BCUT2D eigenvalue weighted by Gasteiger charge is 2.18. The van der Waals surface area contributed by atoms with Crippen molar-refractivity contribution in [3.63, 3.8) is 0 Å². The Morgan fingerprint density at radius 1 is 1.00 bits per heavy atom. The minimum Gasteiger partial charge on any atom is -0.497 e. The van der Waals surface area contributed by atoms with E-state index in [1.54, 1.807) is 37.3 Å². The van der Waals surface area contributed by atoms with Crippen molar-refractivity contribution in [3.05, 3.63) is 53.6 Å². The summed E-state index contributed by atoms with van der Waals surface area (Å²) >= 11 is 0. The highest BCUT2D eigenvalue weighted by molar-refractivity contribution is 5.95. The molecule has 5 nitrogen and oxygen atoms in total. The molecule has 2 aromatic rings. The molecule has 5 heteroatoms. The van der Waals surface area contributed by atoms with Crippen molar-refractivity contribution in [2.45, 2.75) is 25.8 Å². The molecule has 0 radical (unpaired) electrons. The summed E-state index contributed by atoms with van der Waals surface area (Å²) in [6.45, 7) is 2.73. The van der Waals surface area contributed by atoms with Crippen molar-refractivity contribution in [3.8, 4) is 11.5 Å². The van der Waals surface area contributed by atoms with Crippen LogP contribution in [0.5, 0.6) is 11.5 Å². The van der Waals surface area contributed by atoms with Crippen molar-refractivity contribution in [1.82, 2.24) is 4.90 Å². The van der Waals surface area contributed by atoms with Gasteiger partial charge in [0.25, 0.3) is 5.91 Å². The van der Waals surface area contributed by atoms with Crippen LogP contribution in [-0.2, 0) is 6.54 Å². The van der Waals surface area contributed by atoms with Crippen LogP contribution in [0.1, 0.15) is 35.2 Å². The van der Waals surface area contributed by atoms with Crippen LogP contribution in [0.4, 0.5) is 5.69 Å². The van der Waals surface area contributed by atoms with E-state index in [-0.39, 0.29) is 5.91 Å². The Bertz CT molecular complexity index is 763. The summed E-state index contributed by atoms with van der Waals surface area (Å²) < 4.78 is 10.6. The van der Waals surface area contributed by atoms with Gasteiger partial charge in [0.1, 0.15) is 11.5 Å². The van der Waals surface area contributed by atoms with Gasteiger partial charge >= 0.3 is 0 Å². The molecule has 0 unspecified atom stereocenters. The first kappa shape index (κ1) is 19.1. The van der Waals surface area contributed by atoms with Gasteiger partial charge in [-0.1, -0.05) is 18.2 Å². The molecule has 1 amide bonds. The van der Waals surface area contributed by atoms with Crippen LogP contribution in [0.3, 0.4) is 0 Å². The van der Waals surface area contributed by atoms with Crippen LogP contribution in [0.2, 0.25) is 0 Å². The van der Waals surface area contributed by atoms with Crippen LogP contribution in [-0.4, -0.2) is 45.2 Å². The lowest BCUT2D eigenvalue weighted by Crippen LogP contribution is -2.32. The molecule has 1 fully saturated rings. The number of ether oxygens (including phenoxy) is 2. The quantitative estimate of drug-likeness (QED) is 0.774. The number of carbonyl (C=O) groups excluding carboxylic acids is 1. The Balaban J connectivity index is 1.79. The highest BCUT2D eigenvalue weighted by atomic mass is 16.5. The lowest BCUT2D eigenvalue weighted by Gasteiger charge is -2.31. The van der Waals surface area contributed by atoms with Gasteiger partial charge in [-0.2, -0.15) is 0 Å². The summed E-state index contributed by atoms with van der Waals surface area (Å²) in [5, 5.41) is 0. The molecule has 1 saturated heterocycles. The molecular formula is C22H28N2O3. The number of benzene rings is 2. The van der Waals surface area contributed by atoms with E-state index in [4.69, 9.17) is 9.47 Å². The van der Waals surface area contributed by atoms with Crippen molar-refractivity contribution in [2.75, 3.05) is 39.3 Å². The number of amides is 1. The van der Waals surface area contributed by atoms with Gasteiger partial charge in [-0.25, -0.2) is 0 Å². The number of methoxy groups -OCH3 is 2. The number of carbonyl (C=O) groups is 1.